The van der Waals surface area contributed by atoms with E-state index in [1.807, 2.05) is 36.4 Å². The van der Waals surface area contributed by atoms with Gasteiger partial charge in [0, 0.05) is 18.3 Å². The minimum Gasteiger partial charge on any atom is -0.497 e. The first kappa shape index (κ1) is 23.6. The number of ether oxygens (including phenoxy) is 2. The molecule has 0 aliphatic heterocycles. The Morgan fingerprint density at radius 3 is 1.88 bits per heavy atom. The zero-order chi connectivity index (χ0) is 23.8. The Bertz CT molecular complexity index is 1200. The van der Waals surface area contributed by atoms with Crippen molar-refractivity contribution in [3.8, 4) is 11.5 Å². The van der Waals surface area contributed by atoms with Gasteiger partial charge in [-0.2, -0.15) is 0 Å². The maximum Gasteiger partial charge on any atom is 0.331 e. The van der Waals surface area contributed by atoms with Crippen LogP contribution in [0.15, 0.2) is 64.2 Å². The van der Waals surface area contributed by atoms with Gasteiger partial charge in [0.1, 0.15) is 11.5 Å². The second kappa shape index (κ2) is 11.0. The maximum atomic E-state index is 13.4. The van der Waals surface area contributed by atoms with Crippen molar-refractivity contribution in [3.63, 3.8) is 0 Å². The first-order valence-electron chi connectivity index (χ1n) is 10.5. The van der Waals surface area contributed by atoms with E-state index in [0.29, 0.717) is 43.1 Å². The van der Waals surface area contributed by atoms with Crippen molar-refractivity contribution in [2.75, 3.05) is 20.8 Å². The van der Waals surface area contributed by atoms with Crippen LogP contribution in [0.25, 0.3) is 0 Å². The summed E-state index contributed by atoms with van der Waals surface area (Å²) in [4.78, 5) is 37.2. The molecule has 174 valence electrons. The maximum absolute atomic E-state index is 13.4. The Kier molecular flexibility index (Phi) is 7.91. The lowest BCUT2D eigenvalue weighted by Crippen LogP contribution is -2.41. The van der Waals surface area contributed by atoms with Gasteiger partial charge in [-0.1, -0.05) is 24.3 Å². The van der Waals surface area contributed by atoms with Gasteiger partial charge in [-0.3, -0.25) is 13.9 Å². The Balaban J connectivity index is 1.94. The SMILES string of the molecule is COc1ccc(Cn2c(CCCNC(N)=O)cc(=O)n(Cc3ccc(OC)cc3)c2=O)cc1. The molecule has 3 aromatic rings. The molecular weight excluding hydrogens is 424 g/mol. The van der Waals surface area contributed by atoms with Crippen LogP contribution in [0.1, 0.15) is 23.2 Å². The van der Waals surface area contributed by atoms with Crippen LogP contribution in [0.3, 0.4) is 0 Å². The van der Waals surface area contributed by atoms with Gasteiger partial charge in [-0.05, 0) is 48.2 Å². The molecule has 9 nitrogen and oxygen atoms in total. The molecule has 2 aromatic carbocycles. The van der Waals surface area contributed by atoms with Gasteiger partial charge in [0.2, 0.25) is 0 Å². The van der Waals surface area contributed by atoms with Crippen molar-refractivity contribution in [1.29, 1.82) is 0 Å². The van der Waals surface area contributed by atoms with Crippen LogP contribution in [-0.2, 0) is 19.5 Å². The van der Waals surface area contributed by atoms with E-state index < -0.39 is 11.7 Å². The van der Waals surface area contributed by atoms with E-state index in [2.05, 4.69) is 5.32 Å². The predicted octanol–water partition coefficient (Wildman–Crippen LogP) is 1.72. The van der Waals surface area contributed by atoms with Gasteiger partial charge in [-0.25, -0.2) is 9.59 Å². The van der Waals surface area contributed by atoms with Gasteiger partial charge in [0.15, 0.2) is 0 Å². The predicted molar refractivity (Wildman–Crippen MR) is 125 cm³/mol. The normalized spacial score (nSPS) is 10.6. The van der Waals surface area contributed by atoms with E-state index in [1.54, 1.807) is 30.9 Å². The van der Waals surface area contributed by atoms with Crippen molar-refractivity contribution in [2.24, 2.45) is 5.73 Å². The number of amides is 2. The average molecular weight is 453 g/mol. The molecule has 0 aliphatic carbocycles. The molecule has 0 unspecified atom stereocenters. The van der Waals surface area contributed by atoms with Crippen molar-refractivity contribution < 1.29 is 14.3 Å². The number of nitrogens with zero attached hydrogens (tertiary/aromatic N) is 2. The molecule has 0 fully saturated rings. The summed E-state index contributed by atoms with van der Waals surface area (Å²) >= 11 is 0. The van der Waals surface area contributed by atoms with Crippen LogP contribution in [-0.4, -0.2) is 35.9 Å². The van der Waals surface area contributed by atoms with Crippen LogP contribution in [0.2, 0.25) is 0 Å². The zero-order valence-electron chi connectivity index (χ0n) is 18.7. The molecule has 0 saturated carbocycles. The first-order valence-corrected chi connectivity index (χ1v) is 10.5. The summed E-state index contributed by atoms with van der Waals surface area (Å²) in [6.45, 7) is 0.791. The summed E-state index contributed by atoms with van der Waals surface area (Å²) < 4.78 is 13.2. The standard InChI is InChI=1S/C24H28N4O5/c1-32-20-9-5-17(6-10-20)15-27-19(4-3-13-26-23(25)30)14-22(29)28(24(27)31)16-18-7-11-21(33-2)12-8-18/h5-12,14H,3-4,13,15-16H2,1-2H3,(H3,25,26,30). The third-order valence-corrected chi connectivity index (χ3v) is 5.27. The second-order valence-corrected chi connectivity index (χ2v) is 7.52. The highest BCUT2D eigenvalue weighted by atomic mass is 16.5. The Labute approximate surface area is 191 Å². The third-order valence-electron chi connectivity index (χ3n) is 5.27. The molecule has 0 bridgehead atoms. The summed E-state index contributed by atoms with van der Waals surface area (Å²) in [5.74, 6) is 1.41. The largest absolute Gasteiger partial charge is 0.497 e. The van der Waals surface area contributed by atoms with Crippen LogP contribution in [0.5, 0.6) is 11.5 Å². The van der Waals surface area contributed by atoms with Gasteiger partial charge < -0.3 is 20.5 Å². The Hall–Kier alpha value is -4.01. The fourth-order valence-electron chi connectivity index (χ4n) is 3.49. The van der Waals surface area contributed by atoms with Gasteiger partial charge in [0.05, 0.1) is 27.3 Å². The molecule has 0 spiro atoms. The Morgan fingerprint density at radius 1 is 0.879 bits per heavy atom. The van der Waals surface area contributed by atoms with Gasteiger partial charge in [0.25, 0.3) is 5.56 Å². The number of hydrogen-bond acceptors (Lipinski definition) is 5. The van der Waals surface area contributed by atoms with E-state index in [9.17, 15) is 14.4 Å². The quantitative estimate of drug-likeness (QED) is 0.454. The third kappa shape index (κ3) is 6.25. The number of carbonyl (C=O) groups is 1. The average Bonchev–Trinajstić information content (AvgIpc) is 2.82. The molecule has 1 heterocycles. The smallest absolute Gasteiger partial charge is 0.331 e. The Morgan fingerprint density at radius 2 is 1.39 bits per heavy atom. The number of rotatable bonds is 10. The number of aromatic nitrogens is 2. The van der Waals surface area contributed by atoms with Crippen LogP contribution in [0.4, 0.5) is 4.79 Å². The van der Waals surface area contributed by atoms with E-state index in [0.717, 1.165) is 11.1 Å². The number of hydrogen-bond donors (Lipinski definition) is 2. The molecule has 3 N–H and O–H groups in total. The lowest BCUT2D eigenvalue weighted by atomic mass is 10.1. The number of methoxy groups -OCH3 is 2. The summed E-state index contributed by atoms with van der Waals surface area (Å²) in [6.07, 6.45) is 0.969. The van der Waals surface area contributed by atoms with Crippen molar-refractivity contribution in [3.05, 3.63) is 92.3 Å². The number of benzene rings is 2. The van der Waals surface area contributed by atoms with E-state index in [4.69, 9.17) is 15.2 Å². The fourth-order valence-corrected chi connectivity index (χ4v) is 3.49. The number of carbonyl (C=O) groups excluding carboxylic acids is 1. The van der Waals surface area contributed by atoms with Crippen molar-refractivity contribution in [1.82, 2.24) is 14.5 Å². The zero-order valence-corrected chi connectivity index (χ0v) is 18.7. The number of nitrogens with two attached hydrogens (primary N) is 1. The van der Waals surface area contributed by atoms with Crippen molar-refractivity contribution in [2.45, 2.75) is 25.9 Å². The summed E-state index contributed by atoms with van der Waals surface area (Å²) in [7, 11) is 3.17. The minimum atomic E-state index is -0.611. The van der Waals surface area contributed by atoms with E-state index in [1.165, 1.54) is 10.6 Å². The van der Waals surface area contributed by atoms with Crippen LogP contribution in [0, 0.1) is 0 Å². The summed E-state index contributed by atoms with van der Waals surface area (Å²) in [5, 5.41) is 2.52. The highest BCUT2D eigenvalue weighted by molar-refractivity contribution is 5.71. The second-order valence-electron chi connectivity index (χ2n) is 7.52. The number of urea groups is 1. The number of aryl methyl sites for hydroxylation is 1. The van der Waals surface area contributed by atoms with Crippen LogP contribution < -0.4 is 31.8 Å². The lowest BCUT2D eigenvalue weighted by molar-refractivity contribution is 0.249. The molecule has 33 heavy (non-hydrogen) atoms. The summed E-state index contributed by atoms with van der Waals surface area (Å²) in [5.41, 5.74) is 6.64. The molecule has 2 amide bonds. The number of nitrogens with one attached hydrogen (secondary N) is 1. The highest BCUT2D eigenvalue weighted by Crippen LogP contribution is 2.14. The molecule has 0 atom stereocenters. The molecule has 9 heteroatoms. The highest BCUT2D eigenvalue weighted by Gasteiger charge is 2.13. The molecule has 1 aromatic heterocycles. The van der Waals surface area contributed by atoms with Crippen molar-refractivity contribution >= 4 is 6.03 Å². The van der Waals surface area contributed by atoms with Crippen LogP contribution >= 0.6 is 0 Å². The monoisotopic (exact) mass is 452 g/mol. The molecule has 0 radical (unpaired) electrons. The molecule has 0 aliphatic rings. The summed E-state index contributed by atoms with van der Waals surface area (Å²) in [6, 6.07) is 15.5. The van der Waals surface area contributed by atoms with Gasteiger partial charge >= 0.3 is 11.7 Å². The van der Waals surface area contributed by atoms with Gasteiger partial charge in [-0.15, -0.1) is 0 Å². The van der Waals surface area contributed by atoms with E-state index >= 15 is 0 Å². The minimum absolute atomic E-state index is 0.147. The molecule has 3 rings (SSSR count). The first-order chi connectivity index (χ1) is 15.9. The molecular formula is C24H28N4O5. The fraction of sp³-hybridized carbons (Fsp3) is 0.292. The van der Waals surface area contributed by atoms with E-state index in [-0.39, 0.29) is 12.1 Å². The number of primary amides is 1. The molecule has 0 saturated heterocycles. The topological polar surface area (TPSA) is 118 Å². The lowest BCUT2D eigenvalue weighted by Gasteiger charge is -2.16.